The number of hydrogen-bond acceptors (Lipinski definition) is 2. The van der Waals surface area contributed by atoms with Gasteiger partial charge in [0.05, 0.1) is 0 Å². The Bertz CT molecular complexity index is 321. The Kier molecular flexibility index (Phi) is 4.81. The SMILES string of the molecule is CC(C(=O)N[C@@H](C)C1CCCCCC1)=C1CNC1. The molecule has 2 rings (SSSR count). The van der Waals surface area contributed by atoms with E-state index in [1.807, 2.05) is 6.92 Å². The lowest BCUT2D eigenvalue weighted by Crippen LogP contribution is -2.41. The van der Waals surface area contributed by atoms with Crippen LogP contribution in [0.25, 0.3) is 0 Å². The van der Waals surface area contributed by atoms with Crippen molar-refractivity contribution in [3.8, 4) is 0 Å². The van der Waals surface area contributed by atoms with Crippen LogP contribution in [-0.4, -0.2) is 25.0 Å². The van der Waals surface area contributed by atoms with Crippen molar-refractivity contribution < 1.29 is 4.79 Å². The first-order valence-electron chi connectivity index (χ1n) is 7.38. The van der Waals surface area contributed by atoms with Crippen LogP contribution in [-0.2, 0) is 4.79 Å². The molecule has 2 aliphatic rings. The lowest BCUT2D eigenvalue weighted by molar-refractivity contribution is -0.118. The summed E-state index contributed by atoms with van der Waals surface area (Å²) in [6.45, 7) is 5.89. The molecule has 1 aliphatic heterocycles. The molecule has 3 heteroatoms. The van der Waals surface area contributed by atoms with Gasteiger partial charge in [0.25, 0.3) is 0 Å². The number of amides is 1. The zero-order valence-electron chi connectivity index (χ0n) is 11.7. The Balaban J connectivity index is 1.85. The Morgan fingerprint density at radius 2 is 1.83 bits per heavy atom. The van der Waals surface area contributed by atoms with Crippen LogP contribution in [0.5, 0.6) is 0 Å². The van der Waals surface area contributed by atoms with Crippen molar-refractivity contribution in [3.05, 3.63) is 11.1 Å². The van der Waals surface area contributed by atoms with E-state index in [1.54, 1.807) is 0 Å². The van der Waals surface area contributed by atoms with Gasteiger partial charge in [-0.05, 0) is 38.2 Å². The molecule has 2 N–H and O–H groups in total. The quantitative estimate of drug-likeness (QED) is 0.596. The Morgan fingerprint density at radius 1 is 1.22 bits per heavy atom. The second-order valence-corrected chi connectivity index (χ2v) is 5.85. The largest absolute Gasteiger partial charge is 0.350 e. The van der Waals surface area contributed by atoms with Crippen molar-refractivity contribution in [3.63, 3.8) is 0 Å². The van der Waals surface area contributed by atoms with Crippen LogP contribution in [0.2, 0.25) is 0 Å². The van der Waals surface area contributed by atoms with Gasteiger partial charge in [-0.3, -0.25) is 4.79 Å². The lowest BCUT2D eigenvalue weighted by Gasteiger charge is -2.26. The number of carbonyl (C=O) groups excluding carboxylic acids is 1. The Hall–Kier alpha value is -0.830. The first-order chi connectivity index (χ1) is 8.68. The van der Waals surface area contributed by atoms with Gasteiger partial charge in [0.2, 0.25) is 5.91 Å². The monoisotopic (exact) mass is 250 g/mol. The first kappa shape index (κ1) is 13.6. The van der Waals surface area contributed by atoms with Gasteiger partial charge in [-0.1, -0.05) is 25.7 Å². The standard InChI is InChI=1S/C15H26N2O/c1-11(14-9-16-10-14)15(18)17-12(2)13-7-5-3-4-6-8-13/h12-13,16H,3-10H2,1-2H3,(H,17,18)/t12-/m0/s1. The molecule has 0 unspecified atom stereocenters. The minimum atomic E-state index is 0.142. The highest BCUT2D eigenvalue weighted by molar-refractivity contribution is 5.94. The van der Waals surface area contributed by atoms with Crippen LogP contribution in [0, 0.1) is 5.92 Å². The summed E-state index contributed by atoms with van der Waals surface area (Å²) >= 11 is 0. The van der Waals surface area contributed by atoms with Crippen LogP contribution in [0.4, 0.5) is 0 Å². The molecule has 0 radical (unpaired) electrons. The molecule has 18 heavy (non-hydrogen) atoms. The molecule has 0 bridgehead atoms. The third kappa shape index (κ3) is 3.35. The summed E-state index contributed by atoms with van der Waals surface area (Å²) in [5, 5.41) is 6.39. The fraction of sp³-hybridized carbons (Fsp3) is 0.800. The normalized spacial score (nSPS) is 22.9. The molecule has 1 saturated heterocycles. The minimum absolute atomic E-state index is 0.142. The molecule has 102 valence electrons. The highest BCUT2D eigenvalue weighted by Crippen LogP contribution is 2.25. The van der Waals surface area contributed by atoms with Crippen molar-refractivity contribution in [2.24, 2.45) is 5.92 Å². The maximum atomic E-state index is 12.1. The van der Waals surface area contributed by atoms with Crippen LogP contribution >= 0.6 is 0 Å². The van der Waals surface area contributed by atoms with Crippen LogP contribution in [0.1, 0.15) is 52.4 Å². The van der Waals surface area contributed by atoms with E-state index in [2.05, 4.69) is 17.6 Å². The highest BCUT2D eigenvalue weighted by Gasteiger charge is 2.22. The summed E-state index contributed by atoms with van der Waals surface area (Å²) in [6, 6.07) is 0.319. The van der Waals surface area contributed by atoms with E-state index in [4.69, 9.17) is 0 Å². The van der Waals surface area contributed by atoms with Crippen molar-refractivity contribution >= 4 is 5.91 Å². The summed E-state index contributed by atoms with van der Waals surface area (Å²) in [5.74, 6) is 0.817. The summed E-state index contributed by atoms with van der Waals surface area (Å²) in [5.41, 5.74) is 2.19. The molecule has 1 saturated carbocycles. The average Bonchev–Trinajstić information content (AvgIpc) is 2.54. The van der Waals surface area contributed by atoms with Crippen LogP contribution in [0.15, 0.2) is 11.1 Å². The molecule has 0 aromatic heterocycles. The van der Waals surface area contributed by atoms with E-state index in [-0.39, 0.29) is 5.91 Å². The third-order valence-corrected chi connectivity index (χ3v) is 4.51. The molecule has 1 aliphatic carbocycles. The summed E-state index contributed by atoms with van der Waals surface area (Å²) in [6.07, 6.45) is 7.94. The van der Waals surface area contributed by atoms with Gasteiger partial charge in [0.15, 0.2) is 0 Å². The fourth-order valence-electron chi connectivity index (χ4n) is 2.92. The second-order valence-electron chi connectivity index (χ2n) is 5.85. The van der Waals surface area contributed by atoms with E-state index in [1.165, 1.54) is 44.1 Å². The van der Waals surface area contributed by atoms with E-state index >= 15 is 0 Å². The van der Waals surface area contributed by atoms with E-state index < -0.39 is 0 Å². The maximum Gasteiger partial charge on any atom is 0.247 e. The van der Waals surface area contributed by atoms with Gasteiger partial charge in [-0.2, -0.15) is 0 Å². The van der Waals surface area contributed by atoms with E-state index in [0.717, 1.165) is 18.7 Å². The topological polar surface area (TPSA) is 41.1 Å². The average molecular weight is 250 g/mol. The van der Waals surface area contributed by atoms with E-state index in [0.29, 0.717) is 12.0 Å². The zero-order valence-corrected chi connectivity index (χ0v) is 11.7. The molecule has 1 amide bonds. The lowest BCUT2D eigenvalue weighted by atomic mass is 9.92. The molecule has 0 aromatic carbocycles. The molecular formula is C15H26N2O. The van der Waals surface area contributed by atoms with Crippen molar-refractivity contribution in [2.45, 2.75) is 58.4 Å². The van der Waals surface area contributed by atoms with Crippen molar-refractivity contribution in [1.82, 2.24) is 10.6 Å². The fourth-order valence-corrected chi connectivity index (χ4v) is 2.92. The van der Waals surface area contributed by atoms with Crippen LogP contribution < -0.4 is 10.6 Å². The number of hydrogen-bond donors (Lipinski definition) is 2. The predicted octanol–water partition coefficient (Wildman–Crippen LogP) is 2.38. The summed E-state index contributed by atoms with van der Waals surface area (Å²) < 4.78 is 0. The molecule has 1 atom stereocenters. The zero-order chi connectivity index (χ0) is 13.0. The number of carbonyl (C=O) groups is 1. The molecule has 2 fully saturated rings. The van der Waals surface area contributed by atoms with Gasteiger partial charge in [-0.25, -0.2) is 0 Å². The van der Waals surface area contributed by atoms with Gasteiger partial charge in [-0.15, -0.1) is 0 Å². The number of rotatable bonds is 3. The first-order valence-corrected chi connectivity index (χ1v) is 7.38. The van der Waals surface area contributed by atoms with Gasteiger partial charge < -0.3 is 10.6 Å². The molecule has 0 spiro atoms. The van der Waals surface area contributed by atoms with Gasteiger partial charge >= 0.3 is 0 Å². The maximum absolute atomic E-state index is 12.1. The van der Waals surface area contributed by atoms with Crippen molar-refractivity contribution in [1.29, 1.82) is 0 Å². The highest BCUT2D eigenvalue weighted by atomic mass is 16.1. The van der Waals surface area contributed by atoms with Crippen molar-refractivity contribution in [2.75, 3.05) is 13.1 Å². The van der Waals surface area contributed by atoms with Crippen LogP contribution in [0.3, 0.4) is 0 Å². The smallest absolute Gasteiger partial charge is 0.247 e. The third-order valence-electron chi connectivity index (χ3n) is 4.51. The molecule has 3 nitrogen and oxygen atoms in total. The minimum Gasteiger partial charge on any atom is -0.350 e. The molecule has 0 aromatic rings. The predicted molar refractivity (Wildman–Crippen MR) is 74.4 cm³/mol. The van der Waals surface area contributed by atoms with Gasteiger partial charge in [0.1, 0.15) is 0 Å². The van der Waals surface area contributed by atoms with Gasteiger partial charge in [0, 0.05) is 24.7 Å². The Morgan fingerprint density at radius 3 is 2.33 bits per heavy atom. The van der Waals surface area contributed by atoms with E-state index in [9.17, 15) is 4.79 Å². The summed E-state index contributed by atoms with van der Waals surface area (Å²) in [7, 11) is 0. The second kappa shape index (κ2) is 6.37. The Labute approximate surface area is 110 Å². The summed E-state index contributed by atoms with van der Waals surface area (Å²) in [4.78, 5) is 12.1. The molecular weight excluding hydrogens is 224 g/mol. The number of nitrogens with one attached hydrogen (secondary N) is 2. The molecule has 1 heterocycles.